The Morgan fingerprint density at radius 3 is 2.59 bits per heavy atom. The van der Waals surface area contributed by atoms with Gasteiger partial charge < -0.3 is 15.6 Å². The zero-order valence-electron chi connectivity index (χ0n) is 12.8. The summed E-state index contributed by atoms with van der Waals surface area (Å²) in [5.74, 6) is 0.793. The van der Waals surface area contributed by atoms with Gasteiger partial charge in [-0.3, -0.25) is 4.79 Å². The lowest BCUT2D eigenvalue weighted by molar-refractivity contribution is 0.0924. The van der Waals surface area contributed by atoms with Gasteiger partial charge in [-0.1, -0.05) is 49.3 Å². The molecule has 1 aromatic heterocycles. The van der Waals surface area contributed by atoms with Crippen molar-refractivity contribution >= 4 is 18.3 Å². The molecule has 6 heteroatoms. The minimum Gasteiger partial charge on any atom is -0.355 e. The molecule has 5 nitrogen and oxygen atoms in total. The molecule has 120 valence electrons. The number of rotatable bonds is 6. The summed E-state index contributed by atoms with van der Waals surface area (Å²) >= 11 is 0. The van der Waals surface area contributed by atoms with E-state index >= 15 is 0 Å². The molecule has 1 atom stereocenters. The second kappa shape index (κ2) is 8.56. The molecule has 0 aliphatic carbocycles. The van der Waals surface area contributed by atoms with Crippen LogP contribution in [0.4, 0.5) is 0 Å². The van der Waals surface area contributed by atoms with Crippen LogP contribution in [0, 0.1) is 5.92 Å². The molecule has 0 aliphatic rings. The summed E-state index contributed by atoms with van der Waals surface area (Å²) in [7, 11) is 0. The third kappa shape index (κ3) is 4.86. The van der Waals surface area contributed by atoms with Crippen molar-refractivity contribution in [3.05, 3.63) is 42.1 Å². The van der Waals surface area contributed by atoms with Crippen LogP contribution in [0.2, 0.25) is 0 Å². The van der Waals surface area contributed by atoms with Crippen LogP contribution in [-0.2, 0) is 0 Å². The molecule has 2 aromatic rings. The van der Waals surface area contributed by atoms with Gasteiger partial charge in [0.25, 0.3) is 5.91 Å². The van der Waals surface area contributed by atoms with Gasteiger partial charge in [-0.2, -0.15) is 0 Å². The zero-order chi connectivity index (χ0) is 15.2. The Kier molecular flexibility index (Phi) is 7.08. The van der Waals surface area contributed by atoms with Crippen LogP contribution in [0.1, 0.15) is 30.8 Å². The van der Waals surface area contributed by atoms with Crippen molar-refractivity contribution in [2.24, 2.45) is 11.7 Å². The minimum absolute atomic E-state index is 0. The third-order valence-corrected chi connectivity index (χ3v) is 3.18. The Hall–Kier alpha value is -1.85. The van der Waals surface area contributed by atoms with Crippen molar-refractivity contribution in [3.63, 3.8) is 0 Å². The van der Waals surface area contributed by atoms with E-state index < -0.39 is 0 Å². The molecule has 0 aliphatic heterocycles. The average Bonchev–Trinajstić information content (AvgIpc) is 2.97. The Balaban J connectivity index is 0.00000242. The van der Waals surface area contributed by atoms with Gasteiger partial charge in [0.05, 0.1) is 0 Å². The topological polar surface area (TPSA) is 81.1 Å². The lowest BCUT2D eigenvalue weighted by atomic mass is 10.0. The third-order valence-electron chi connectivity index (χ3n) is 3.18. The van der Waals surface area contributed by atoms with Crippen molar-refractivity contribution in [2.75, 3.05) is 6.54 Å². The van der Waals surface area contributed by atoms with Crippen LogP contribution in [-0.4, -0.2) is 23.7 Å². The molecule has 1 amide bonds. The molecule has 0 fully saturated rings. The van der Waals surface area contributed by atoms with Gasteiger partial charge in [-0.25, -0.2) is 0 Å². The predicted molar refractivity (Wildman–Crippen MR) is 89.0 cm³/mol. The highest BCUT2D eigenvalue weighted by atomic mass is 35.5. The smallest absolute Gasteiger partial charge is 0.273 e. The van der Waals surface area contributed by atoms with E-state index in [1.165, 1.54) is 0 Å². The van der Waals surface area contributed by atoms with E-state index in [9.17, 15) is 4.79 Å². The number of hydrogen-bond donors (Lipinski definition) is 2. The zero-order valence-corrected chi connectivity index (χ0v) is 13.6. The fourth-order valence-electron chi connectivity index (χ4n) is 2.16. The Bertz CT molecular complexity index is 584. The van der Waals surface area contributed by atoms with Crippen LogP contribution in [0.15, 0.2) is 40.9 Å². The fourth-order valence-corrected chi connectivity index (χ4v) is 2.16. The maximum absolute atomic E-state index is 12.2. The molecule has 0 bridgehead atoms. The van der Waals surface area contributed by atoms with Crippen LogP contribution < -0.4 is 11.1 Å². The number of aromatic nitrogens is 1. The van der Waals surface area contributed by atoms with E-state index in [0.717, 1.165) is 12.0 Å². The van der Waals surface area contributed by atoms with Gasteiger partial charge in [0.15, 0.2) is 11.5 Å². The first-order valence-corrected chi connectivity index (χ1v) is 7.13. The van der Waals surface area contributed by atoms with Crippen LogP contribution in [0.25, 0.3) is 11.3 Å². The van der Waals surface area contributed by atoms with E-state index in [4.69, 9.17) is 10.3 Å². The molecular formula is C16H22ClN3O2. The Morgan fingerprint density at radius 2 is 2.00 bits per heavy atom. The summed E-state index contributed by atoms with van der Waals surface area (Å²) < 4.78 is 5.23. The van der Waals surface area contributed by atoms with E-state index in [0.29, 0.717) is 18.2 Å². The summed E-state index contributed by atoms with van der Waals surface area (Å²) in [5, 5.41) is 6.72. The van der Waals surface area contributed by atoms with E-state index in [1.807, 2.05) is 30.3 Å². The van der Waals surface area contributed by atoms with Crippen molar-refractivity contribution in [3.8, 4) is 11.3 Å². The highest BCUT2D eigenvalue weighted by Crippen LogP contribution is 2.19. The number of hydrogen-bond acceptors (Lipinski definition) is 4. The Labute approximate surface area is 136 Å². The van der Waals surface area contributed by atoms with Gasteiger partial charge in [-0.15, -0.1) is 12.4 Å². The van der Waals surface area contributed by atoms with E-state index in [-0.39, 0.29) is 30.0 Å². The highest BCUT2D eigenvalue weighted by molar-refractivity contribution is 5.93. The minimum atomic E-state index is -0.253. The quantitative estimate of drug-likeness (QED) is 0.856. The number of nitrogens with two attached hydrogens (primary N) is 1. The number of carbonyl (C=O) groups is 1. The molecule has 0 spiro atoms. The average molecular weight is 324 g/mol. The van der Waals surface area contributed by atoms with Crippen LogP contribution >= 0.6 is 12.4 Å². The van der Waals surface area contributed by atoms with Gasteiger partial charge >= 0.3 is 0 Å². The standard InChI is InChI=1S/C16H21N3O2.ClH/c1-11(2)8-13(10-17)18-16(20)14-9-15(21-19-14)12-6-4-3-5-7-12;/h3-7,9,11,13H,8,10,17H2,1-2H3,(H,18,20);1H. The van der Waals surface area contributed by atoms with Crippen molar-refractivity contribution in [1.82, 2.24) is 10.5 Å². The van der Waals surface area contributed by atoms with Gasteiger partial charge in [0.1, 0.15) is 0 Å². The number of benzene rings is 1. The van der Waals surface area contributed by atoms with Crippen LogP contribution in [0.3, 0.4) is 0 Å². The SMILES string of the molecule is CC(C)CC(CN)NC(=O)c1cc(-c2ccccc2)on1.Cl. The summed E-state index contributed by atoms with van der Waals surface area (Å²) in [6.45, 7) is 4.60. The highest BCUT2D eigenvalue weighted by Gasteiger charge is 2.17. The maximum Gasteiger partial charge on any atom is 0.273 e. The van der Waals surface area contributed by atoms with E-state index in [1.54, 1.807) is 6.07 Å². The molecule has 22 heavy (non-hydrogen) atoms. The maximum atomic E-state index is 12.2. The predicted octanol–water partition coefficient (Wildman–Crippen LogP) is 2.87. The monoisotopic (exact) mass is 323 g/mol. The first-order valence-electron chi connectivity index (χ1n) is 7.13. The molecular weight excluding hydrogens is 302 g/mol. The number of amides is 1. The second-order valence-corrected chi connectivity index (χ2v) is 5.48. The normalized spacial score (nSPS) is 11.8. The summed E-state index contributed by atoms with van der Waals surface area (Å²) in [6.07, 6.45) is 0.839. The number of nitrogens with one attached hydrogen (secondary N) is 1. The number of halogens is 1. The fraction of sp³-hybridized carbons (Fsp3) is 0.375. The Morgan fingerprint density at radius 1 is 1.32 bits per heavy atom. The van der Waals surface area contributed by atoms with Crippen LogP contribution in [0.5, 0.6) is 0 Å². The van der Waals surface area contributed by atoms with Gasteiger partial charge in [-0.05, 0) is 12.3 Å². The molecule has 0 radical (unpaired) electrons. The number of nitrogens with zero attached hydrogens (tertiary/aromatic N) is 1. The molecule has 2 rings (SSSR count). The van der Waals surface area contributed by atoms with Gasteiger partial charge in [0, 0.05) is 24.2 Å². The molecule has 0 saturated heterocycles. The van der Waals surface area contributed by atoms with Gasteiger partial charge in [0.2, 0.25) is 0 Å². The first kappa shape index (κ1) is 18.2. The summed E-state index contributed by atoms with van der Waals surface area (Å²) in [5.41, 5.74) is 6.85. The van der Waals surface area contributed by atoms with E-state index in [2.05, 4.69) is 24.3 Å². The molecule has 1 heterocycles. The van der Waals surface area contributed by atoms with Crippen molar-refractivity contribution < 1.29 is 9.32 Å². The molecule has 1 aromatic carbocycles. The second-order valence-electron chi connectivity index (χ2n) is 5.48. The van der Waals surface area contributed by atoms with Crippen molar-refractivity contribution in [1.29, 1.82) is 0 Å². The summed E-state index contributed by atoms with van der Waals surface area (Å²) in [4.78, 5) is 12.2. The lowest BCUT2D eigenvalue weighted by Crippen LogP contribution is -2.41. The largest absolute Gasteiger partial charge is 0.355 e. The van der Waals surface area contributed by atoms with Crippen molar-refractivity contribution in [2.45, 2.75) is 26.3 Å². The summed E-state index contributed by atoms with van der Waals surface area (Å²) in [6, 6.07) is 11.1. The number of carbonyl (C=O) groups excluding carboxylic acids is 1. The first-order chi connectivity index (χ1) is 10.1. The lowest BCUT2D eigenvalue weighted by Gasteiger charge is -2.17. The molecule has 1 unspecified atom stereocenters. The molecule has 0 saturated carbocycles. The molecule has 3 N–H and O–H groups in total.